The van der Waals surface area contributed by atoms with Gasteiger partial charge >= 0.3 is 0 Å². The van der Waals surface area contributed by atoms with Crippen LogP contribution in [0.5, 0.6) is 0 Å². The highest BCUT2D eigenvalue weighted by atomic mass is 16.3. The molecule has 2 saturated carbocycles. The number of likely N-dealkylation sites (tertiary alicyclic amines) is 1. The first-order chi connectivity index (χ1) is 13.7. The van der Waals surface area contributed by atoms with Crippen LogP contribution in [0.4, 0.5) is 0 Å². The van der Waals surface area contributed by atoms with Crippen LogP contribution in [0.2, 0.25) is 0 Å². The van der Waals surface area contributed by atoms with Crippen molar-refractivity contribution in [3.8, 4) is 0 Å². The van der Waals surface area contributed by atoms with Gasteiger partial charge in [0.05, 0.1) is 6.10 Å². The van der Waals surface area contributed by atoms with Crippen LogP contribution in [0.1, 0.15) is 66.2 Å². The van der Waals surface area contributed by atoms with Crippen LogP contribution in [0.25, 0.3) is 0 Å². The van der Waals surface area contributed by atoms with Gasteiger partial charge in [-0.3, -0.25) is 9.59 Å². The van der Waals surface area contributed by atoms with Crippen LogP contribution in [0, 0.1) is 29.1 Å². The summed E-state index contributed by atoms with van der Waals surface area (Å²) in [5.41, 5.74) is 0.0935. The Morgan fingerprint density at radius 3 is 2.52 bits per heavy atom. The van der Waals surface area contributed by atoms with E-state index in [9.17, 15) is 14.7 Å². The van der Waals surface area contributed by atoms with Gasteiger partial charge in [0.25, 0.3) is 0 Å². The predicted molar refractivity (Wildman–Crippen MR) is 114 cm³/mol. The van der Waals surface area contributed by atoms with Crippen LogP contribution >= 0.6 is 0 Å². The molecule has 2 aliphatic carbocycles. The van der Waals surface area contributed by atoms with Gasteiger partial charge in [-0.15, -0.1) is 0 Å². The fraction of sp³-hybridized carbons (Fsp3) is 0.913. The predicted octanol–water partition coefficient (Wildman–Crippen LogP) is 2.16. The Hall–Kier alpha value is -1.14. The summed E-state index contributed by atoms with van der Waals surface area (Å²) >= 11 is 0. The number of nitrogens with zero attached hydrogens (tertiary/aromatic N) is 1. The van der Waals surface area contributed by atoms with Gasteiger partial charge in [0.15, 0.2) is 0 Å². The van der Waals surface area contributed by atoms with Crippen molar-refractivity contribution in [2.24, 2.45) is 29.1 Å². The molecule has 3 N–H and O–H groups in total. The lowest BCUT2D eigenvalue weighted by Crippen LogP contribution is -2.58. The maximum atomic E-state index is 12.8. The van der Waals surface area contributed by atoms with E-state index >= 15 is 0 Å². The minimum Gasteiger partial charge on any atom is -0.392 e. The van der Waals surface area contributed by atoms with Gasteiger partial charge in [-0.1, -0.05) is 20.8 Å². The summed E-state index contributed by atoms with van der Waals surface area (Å²) in [4.78, 5) is 26.8. The van der Waals surface area contributed by atoms with E-state index in [-0.39, 0.29) is 46.9 Å². The van der Waals surface area contributed by atoms with Gasteiger partial charge in [0, 0.05) is 32.0 Å². The molecule has 166 valence electrons. The van der Waals surface area contributed by atoms with Crippen molar-refractivity contribution >= 4 is 11.8 Å². The van der Waals surface area contributed by atoms with Crippen LogP contribution in [0.3, 0.4) is 0 Å². The third-order valence-corrected chi connectivity index (χ3v) is 8.26. The molecule has 6 heteroatoms. The minimum absolute atomic E-state index is 0.00181. The molecule has 0 bridgehead atoms. The third kappa shape index (κ3) is 4.96. The second-order valence-electron chi connectivity index (χ2n) is 10.2. The Kier molecular flexibility index (Phi) is 7.26. The largest absolute Gasteiger partial charge is 0.392 e. The summed E-state index contributed by atoms with van der Waals surface area (Å²) in [5, 5.41) is 17.6. The van der Waals surface area contributed by atoms with E-state index in [1.165, 1.54) is 12.8 Å². The number of rotatable bonds is 6. The number of hydrogen-bond donors (Lipinski definition) is 3. The van der Waals surface area contributed by atoms with E-state index in [0.29, 0.717) is 6.54 Å². The van der Waals surface area contributed by atoms with Crippen LogP contribution in [0.15, 0.2) is 0 Å². The highest BCUT2D eigenvalue weighted by molar-refractivity contribution is 5.78. The summed E-state index contributed by atoms with van der Waals surface area (Å²) in [7, 11) is 0. The molecule has 0 spiro atoms. The highest BCUT2D eigenvalue weighted by Gasteiger charge is 2.53. The van der Waals surface area contributed by atoms with Gasteiger partial charge in [-0.05, 0) is 74.8 Å². The molecule has 29 heavy (non-hydrogen) atoms. The topological polar surface area (TPSA) is 81.7 Å². The van der Waals surface area contributed by atoms with Crippen molar-refractivity contribution < 1.29 is 14.7 Å². The summed E-state index contributed by atoms with van der Waals surface area (Å²) < 4.78 is 0. The van der Waals surface area contributed by atoms with Crippen molar-refractivity contribution in [3.63, 3.8) is 0 Å². The summed E-state index contributed by atoms with van der Waals surface area (Å²) in [6, 6.07) is 0.114. The Bertz CT molecular complexity index is 592. The van der Waals surface area contributed by atoms with Crippen molar-refractivity contribution in [2.75, 3.05) is 26.2 Å². The first kappa shape index (κ1) is 22.5. The maximum absolute atomic E-state index is 12.8. The Morgan fingerprint density at radius 2 is 1.86 bits per heavy atom. The number of aliphatic hydroxyl groups is 1. The second-order valence-corrected chi connectivity index (χ2v) is 10.2. The Balaban J connectivity index is 1.60. The summed E-state index contributed by atoms with van der Waals surface area (Å²) in [6.45, 7) is 11.9. The molecule has 3 fully saturated rings. The number of carbonyl (C=O) groups excluding carboxylic acids is 2. The summed E-state index contributed by atoms with van der Waals surface area (Å²) in [6.07, 6.45) is 5.95. The molecule has 1 aliphatic heterocycles. The quantitative estimate of drug-likeness (QED) is 0.630. The lowest BCUT2D eigenvalue weighted by Gasteiger charge is -2.56. The zero-order chi connectivity index (χ0) is 21.2. The molecular formula is C23H41N3O3. The highest BCUT2D eigenvalue weighted by Crippen LogP contribution is 2.55. The van der Waals surface area contributed by atoms with Crippen molar-refractivity contribution in [2.45, 2.75) is 78.4 Å². The van der Waals surface area contributed by atoms with Crippen LogP contribution in [-0.4, -0.2) is 60.1 Å². The fourth-order valence-corrected chi connectivity index (χ4v) is 6.46. The number of aliphatic hydroxyl groups excluding tert-OH is 1. The van der Waals surface area contributed by atoms with E-state index in [1.807, 2.05) is 6.92 Å². The lowest BCUT2D eigenvalue weighted by molar-refractivity contribution is -0.143. The zero-order valence-electron chi connectivity index (χ0n) is 18.7. The Labute approximate surface area is 176 Å². The van der Waals surface area contributed by atoms with Crippen LogP contribution < -0.4 is 10.6 Å². The van der Waals surface area contributed by atoms with E-state index in [1.54, 1.807) is 6.92 Å². The molecular weight excluding hydrogens is 366 g/mol. The van der Waals surface area contributed by atoms with E-state index < -0.39 is 6.10 Å². The number of hydrogen-bond acceptors (Lipinski definition) is 4. The fourth-order valence-electron chi connectivity index (χ4n) is 6.46. The minimum atomic E-state index is -0.500. The first-order valence-electron chi connectivity index (χ1n) is 11.7. The van der Waals surface area contributed by atoms with Gasteiger partial charge in [-0.25, -0.2) is 0 Å². The van der Waals surface area contributed by atoms with E-state index in [4.69, 9.17) is 0 Å². The van der Waals surface area contributed by atoms with Crippen LogP contribution in [-0.2, 0) is 9.59 Å². The molecule has 0 aromatic heterocycles. The monoisotopic (exact) mass is 407 g/mol. The van der Waals surface area contributed by atoms with Crippen molar-refractivity contribution in [3.05, 3.63) is 0 Å². The van der Waals surface area contributed by atoms with Crippen molar-refractivity contribution in [1.29, 1.82) is 0 Å². The molecule has 3 rings (SSSR count). The molecule has 3 aliphatic rings. The zero-order valence-corrected chi connectivity index (χ0v) is 18.7. The molecule has 7 atom stereocenters. The molecule has 1 saturated heterocycles. The van der Waals surface area contributed by atoms with E-state index in [2.05, 4.69) is 29.4 Å². The SMILES string of the molecule is CC(=O)N[C@H]1CC[C@]2(C)CCC([C@H](C)C(=O)NCCN3CCCC3)[C@H](O)[C@H]2[C@@H]1C. The molecule has 1 unspecified atom stereocenters. The number of nitrogens with one attached hydrogen (secondary N) is 2. The van der Waals surface area contributed by atoms with Crippen molar-refractivity contribution in [1.82, 2.24) is 15.5 Å². The smallest absolute Gasteiger partial charge is 0.223 e. The standard InChI is InChI=1S/C23H41N3O3/c1-15(22(29)24-11-14-26-12-5-6-13-26)18-7-9-23(4)10-8-19(25-17(3)27)16(2)20(23)21(18)28/h15-16,18-21,28H,5-14H2,1-4H3,(H,24,29)(H,25,27)/t15-,16+,18?,19-,20+,21-,23-/m0/s1. The van der Waals surface area contributed by atoms with Gasteiger partial charge in [0.1, 0.15) is 0 Å². The molecule has 0 aromatic carbocycles. The average molecular weight is 408 g/mol. The summed E-state index contributed by atoms with van der Waals surface area (Å²) in [5.74, 6) is 0.184. The second kappa shape index (κ2) is 9.34. The number of carbonyl (C=O) groups is 2. The molecule has 2 amide bonds. The van der Waals surface area contributed by atoms with Gasteiger partial charge < -0.3 is 20.6 Å². The average Bonchev–Trinajstić information content (AvgIpc) is 3.17. The maximum Gasteiger partial charge on any atom is 0.223 e. The van der Waals surface area contributed by atoms with Gasteiger partial charge in [0.2, 0.25) is 11.8 Å². The molecule has 6 nitrogen and oxygen atoms in total. The van der Waals surface area contributed by atoms with E-state index in [0.717, 1.165) is 45.3 Å². The third-order valence-electron chi connectivity index (χ3n) is 8.26. The molecule has 0 radical (unpaired) electrons. The Morgan fingerprint density at radius 1 is 1.21 bits per heavy atom. The number of amides is 2. The number of fused-ring (bicyclic) bond motifs is 1. The van der Waals surface area contributed by atoms with Gasteiger partial charge in [-0.2, -0.15) is 0 Å². The first-order valence-corrected chi connectivity index (χ1v) is 11.7. The normalized spacial score (nSPS) is 38.9. The lowest BCUT2D eigenvalue weighted by atomic mass is 9.51. The molecule has 0 aromatic rings. The molecule has 1 heterocycles.